The molecule has 126 valence electrons. The number of carbonyl (C=O) groups is 1. The number of ketones is 1. The molecule has 0 radical (unpaired) electrons. The highest BCUT2D eigenvalue weighted by atomic mass is 79.9. The highest BCUT2D eigenvalue weighted by Crippen LogP contribution is 2.32. The Morgan fingerprint density at radius 2 is 1.96 bits per heavy atom. The van der Waals surface area contributed by atoms with Gasteiger partial charge in [-0.25, -0.2) is 4.98 Å². The molecule has 0 bridgehead atoms. The van der Waals surface area contributed by atoms with Crippen LogP contribution in [-0.4, -0.2) is 23.4 Å². The van der Waals surface area contributed by atoms with Crippen molar-refractivity contribution < 1.29 is 26.5 Å². The molecule has 0 aliphatic carbocycles. The van der Waals surface area contributed by atoms with E-state index in [2.05, 4.69) is 10.3 Å². The van der Waals surface area contributed by atoms with Gasteiger partial charge in [0.15, 0.2) is 10.9 Å². The molecule has 0 fully saturated rings. The Bertz CT molecular complexity index is 820. The zero-order valence-corrected chi connectivity index (χ0v) is 15.9. The summed E-state index contributed by atoms with van der Waals surface area (Å²) >= 11 is 1.52. The molecular formula is C18H18BrN2O2S-. The molecule has 1 unspecified atom stereocenters. The van der Waals surface area contributed by atoms with Crippen LogP contribution in [0.15, 0.2) is 48.5 Å². The van der Waals surface area contributed by atoms with Gasteiger partial charge in [-0.15, -0.1) is 0 Å². The number of para-hydroxylation sites is 1. The van der Waals surface area contributed by atoms with Crippen LogP contribution in [0.4, 0.5) is 5.13 Å². The Morgan fingerprint density at radius 3 is 2.67 bits per heavy atom. The second kappa shape index (κ2) is 8.26. The van der Waals surface area contributed by atoms with Crippen LogP contribution in [0.5, 0.6) is 5.75 Å². The Balaban J connectivity index is 0.00000208. The number of fused-ring (bicyclic) bond motifs is 1. The predicted molar refractivity (Wildman–Crippen MR) is 94.6 cm³/mol. The first kappa shape index (κ1) is 18.4. The van der Waals surface area contributed by atoms with E-state index in [0.717, 1.165) is 21.1 Å². The Kier molecular flexibility index (Phi) is 6.34. The highest BCUT2D eigenvalue weighted by Gasteiger charge is 2.17. The topological polar surface area (TPSA) is 51.2 Å². The normalized spacial score (nSPS) is 11.6. The van der Waals surface area contributed by atoms with Gasteiger partial charge in [-0.1, -0.05) is 47.7 Å². The van der Waals surface area contributed by atoms with E-state index in [4.69, 9.17) is 4.74 Å². The summed E-state index contributed by atoms with van der Waals surface area (Å²) in [6.07, 6.45) is 0. The quantitative estimate of drug-likeness (QED) is 0.629. The number of thiazole rings is 1. The minimum atomic E-state index is -0.339. The highest BCUT2D eigenvalue weighted by molar-refractivity contribution is 7.22. The number of hydrogen-bond donors (Lipinski definition) is 1. The number of halogens is 1. The number of nitrogens with zero attached hydrogens (tertiary/aromatic N) is 1. The number of nitrogens with one attached hydrogen (secondary N) is 1. The summed E-state index contributed by atoms with van der Waals surface area (Å²) in [4.78, 5) is 17.0. The SMILES string of the molecule is CCOc1cccc2sc(NC(C)C(=O)c3ccccc3)nc12.[Br-]. The summed E-state index contributed by atoms with van der Waals surface area (Å²) < 4.78 is 6.64. The van der Waals surface area contributed by atoms with E-state index < -0.39 is 0 Å². The third-order valence-corrected chi connectivity index (χ3v) is 4.43. The molecule has 0 saturated carbocycles. The first-order valence-corrected chi connectivity index (χ1v) is 8.39. The molecule has 1 aromatic heterocycles. The summed E-state index contributed by atoms with van der Waals surface area (Å²) in [6.45, 7) is 4.40. The average Bonchev–Trinajstić information content (AvgIpc) is 2.98. The fourth-order valence-electron chi connectivity index (χ4n) is 2.36. The fraction of sp³-hybridized carbons (Fsp3) is 0.222. The van der Waals surface area contributed by atoms with Gasteiger partial charge in [-0.3, -0.25) is 4.79 Å². The average molecular weight is 406 g/mol. The summed E-state index contributed by atoms with van der Waals surface area (Å²) in [7, 11) is 0. The van der Waals surface area contributed by atoms with Crippen molar-refractivity contribution in [3.63, 3.8) is 0 Å². The molecular weight excluding hydrogens is 388 g/mol. The molecule has 3 rings (SSSR count). The van der Waals surface area contributed by atoms with Gasteiger partial charge in [0.2, 0.25) is 0 Å². The number of Topliss-reactive ketones (excluding diaryl/α,β-unsaturated/α-hetero) is 1. The molecule has 0 spiro atoms. The van der Waals surface area contributed by atoms with Crippen molar-refractivity contribution in [2.75, 3.05) is 11.9 Å². The lowest BCUT2D eigenvalue weighted by Crippen LogP contribution is -3.00. The maximum Gasteiger partial charge on any atom is 0.184 e. The number of benzene rings is 2. The smallest absolute Gasteiger partial charge is 0.184 e. The van der Waals surface area contributed by atoms with Gasteiger partial charge in [0.05, 0.1) is 17.3 Å². The Hall–Kier alpha value is -1.92. The van der Waals surface area contributed by atoms with Gasteiger partial charge < -0.3 is 27.0 Å². The van der Waals surface area contributed by atoms with Crippen molar-refractivity contribution in [2.24, 2.45) is 0 Å². The molecule has 24 heavy (non-hydrogen) atoms. The van der Waals surface area contributed by atoms with Crippen molar-refractivity contribution in [2.45, 2.75) is 19.9 Å². The van der Waals surface area contributed by atoms with Crippen LogP contribution in [0.2, 0.25) is 0 Å². The van der Waals surface area contributed by atoms with Crippen LogP contribution < -0.4 is 27.0 Å². The number of ether oxygens (including phenoxy) is 1. The van der Waals surface area contributed by atoms with E-state index in [1.807, 2.05) is 62.4 Å². The molecule has 0 aliphatic heterocycles. The second-order valence-corrected chi connectivity index (χ2v) is 6.18. The number of aromatic nitrogens is 1. The lowest BCUT2D eigenvalue weighted by molar-refractivity contribution is -0.0000125. The largest absolute Gasteiger partial charge is 1.00 e. The minimum absolute atomic E-state index is 0. The number of carbonyl (C=O) groups excluding carboxylic acids is 1. The maximum atomic E-state index is 12.4. The van der Waals surface area contributed by atoms with Gasteiger partial charge in [0.25, 0.3) is 0 Å². The monoisotopic (exact) mass is 405 g/mol. The van der Waals surface area contributed by atoms with Crippen LogP contribution in [0, 0.1) is 0 Å². The zero-order chi connectivity index (χ0) is 16.2. The van der Waals surface area contributed by atoms with Crippen molar-refractivity contribution >= 4 is 32.5 Å². The molecule has 0 amide bonds. The molecule has 1 N–H and O–H groups in total. The second-order valence-electron chi connectivity index (χ2n) is 5.15. The molecule has 6 heteroatoms. The zero-order valence-electron chi connectivity index (χ0n) is 13.5. The molecule has 4 nitrogen and oxygen atoms in total. The third kappa shape index (κ3) is 3.94. The van der Waals surface area contributed by atoms with Crippen LogP contribution >= 0.6 is 11.3 Å². The van der Waals surface area contributed by atoms with Crippen molar-refractivity contribution in [1.82, 2.24) is 4.98 Å². The van der Waals surface area contributed by atoms with Crippen LogP contribution in [-0.2, 0) is 0 Å². The van der Waals surface area contributed by atoms with Gasteiger partial charge in [-0.2, -0.15) is 0 Å². The number of anilines is 1. The van der Waals surface area contributed by atoms with Crippen LogP contribution in [0.3, 0.4) is 0 Å². The van der Waals surface area contributed by atoms with Crippen LogP contribution in [0.25, 0.3) is 10.2 Å². The predicted octanol–water partition coefficient (Wildman–Crippen LogP) is 1.38. The number of rotatable bonds is 6. The molecule has 2 aromatic carbocycles. The minimum Gasteiger partial charge on any atom is -1.00 e. The van der Waals surface area contributed by atoms with E-state index in [9.17, 15) is 4.79 Å². The third-order valence-electron chi connectivity index (χ3n) is 3.47. The van der Waals surface area contributed by atoms with E-state index in [-0.39, 0.29) is 28.8 Å². The van der Waals surface area contributed by atoms with E-state index in [0.29, 0.717) is 12.2 Å². The lowest BCUT2D eigenvalue weighted by Gasteiger charge is -2.11. The first-order chi connectivity index (χ1) is 11.2. The van der Waals surface area contributed by atoms with Gasteiger partial charge in [-0.05, 0) is 26.0 Å². The van der Waals surface area contributed by atoms with Crippen molar-refractivity contribution in [3.05, 3.63) is 54.1 Å². The van der Waals surface area contributed by atoms with Crippen molar-refractivity contribution in [3.8, 4) is 5.75 Å². The summed E-state index contributed by atoms with van der Waals surface area (Å²) in [5.41, 5.74) is 1.53. The van der Waals surface area contributed by atoms with Crippen LogP contribution in [0.1, 0.15) is 24.2 Å². The molecule has 3 aromatic rings. The molecule has 0 saturated heterocycles. The van der Waals surface area contributed by atoms with E-state index in [1.54, 1.807) is 0 Å². The Labute approximate surface area is 155 Å². The maximum absolute atomic E-state index is 12.4. The summed E-state index contributed by atoms with van der Waals surface area (Å²) in [6, 6.07) is 14.8. The molecule has 1 heterocycles. The molecule has 0 aliphatic rings. The van der Waals surface area contributed by atoms with Crippen molar-refractivity contribution in [1.29, 1.82) is 0 Å². The Morgan fingerprint density at radius 1 is 1.21 bits per heavy atom. The lowest BCUT2D eigenvalue weighted by atomic mass is 10.1. The summed E-state index contributed by atoms with van der Waals surface area (Å²) in [5, 5.41) is 3.93. The molecule has 1 atom stereocenters. The number of hydrogen-bond acceptors (Lipinski definition) is 5. The van der Waals surface area contributed by atoms with Gasteiger partial charge >= 0.3 is 0 Å². The summed E-state index contributed by atoms with van der Waals surface area (Å²) in [5.74, 6) is 0.825. The first-order valence-electron chi connectivity index (χ1n) is 7.57. The van der Waals surface area contributed by atoms with E-state index >= 15 is 0 Å². The van der Waals surface area contributed by atoms with Gasteiger partial charge in [0, 0.05) is 5.56 Å². The van der Waals surface area contributed by atoms with E-state index in [1.165, 1.54) is 11.3 Å². The fourth-order valence-corrected chi connectivity index (χ4v) is 3.33. The standard InChI is InChI=1S/C18H18N2O2S.BrH/c1-3-22-14-10-7-11-15-16(14)20-18(23-15)19-12(2)17(21)13-8-5-4-6-9-13;/h4-12H,3H2,1-2H3,(H,19,20);1H/p-1. The van der Waals surface area contributed by atoms with Gasteiger partial charge in [0.1, 0.15) is 11.3 Å².